The third-order valence-electron chi connectivity index (χ3n) is 4.53. The fraction of sp³-hybridized carbons (Fsp3) is 0.318. The first kappa shape index (κ1) is 19.8. The Labute approximate surface area is 164 Å². The zero-order valence-corrected chi connectivity index (χ0v) is 16.0. The van der Waals surface area contributed by atoms with E-state index in [-0.39, 0.29) is 41.6 Å². The number of hydrogen-bond donors (Lipinski definition) is 0. The Balaban J connectivity index is 1.68. The average molecular weight is 381 g/mol. The lowest BCUT2D eigenvalue weighted by Crippen LogP contribution is -2.49. The molecule has 2 atom stereocenters. The van der Waals surface area contributed by atoms with Gasteiger partial charge in [-0.25, -0.2) is 4.79 Å². The van der Waals surface area contributed by atoms with Crippen molar-refractivity contribution >= 4 is 17.7 Å². The van der Waals surface area contributed by atoms with Crippen LogP contribution < -0.4 is 0 Å². The summed E-state index contributed by atoms with van der Waals surface area (Å²) in [5.41, 5.74) is 0.878. The van der Waals surface area contributed by atoms with Crippen LogP contribution in [0.3, 0.4) is 0 Å². The van der Waals surface area contributed by atoms with Crippen molar-refractivity contribution in [2.45, 2.75) is 26.1 Å². The summed E-state index contributed by atoms with van der Waals surface area (Å²) < 4.78 is 10.8. The summed E-state index contributed by atoms with van der Waals surface area (Å²) in [6.07, 6.45) is -0.125. The first-order valence-electron chi connectivity index (χ1n) is 9.25. The van der Waals surface area contributed by atoms with E-state index in [0.29, 0.717) is 18.7 Å². The summed E-state index contributed by atoms with van der Waals surface area (Å²) in [6.45, 7) is 4.35. The predicted octanol–water partition coefficient (Wildman–Crippen LogP) is 2.71. The molecule has 0 bridgehead atoms. The minimum atomic E-state index is -0.692. The molecule has 0 aromatic heterocycles. The van der Waals surface area contributed by atoms with Crippen LogP contribution in [0.25, 0.3) is 0 Å². The van der Waals surface area contributed by atoms with Gasteiger partial charge in [-0.3, -0.25) is 9.59 Å². The minimum Gasteiger partial charge on any atom is -0.452 e. The van der Waals surface area contributed by atoms with Crippen LogP contribution in [0.1, 0.15) is 40.1 Å². The summed E-state index contributed by atoms with van der Waals surface area (Å²) in [6, 6.07) is 15.2. The lowest BCUT2D eigenvalue weighted by molar-refractivity contribution is -0.146. The number of ether oxygens (including phenoxy) is 2. The molecule has 6 nitrogen and oxygen atoms in total. The molecular weight excluding hydrogens is 358 g/mol. The number of morpholine rings is 1. The third kappa shape index (κ3) is 4.64. The second-order valence-corrected chi connectivity index (χ2v) is 6.87. The van der Waals surface area contributed by atoms with Gasteiger partial charge in [0, 0.05) is 24.2 Å². The molecule has 2 aromatic rings. The van der Waals surface area contributed by atoms with Crippen LogP contribution in [0, 0.1) is 0 Å². The van der Waals surface area contributed by atoms with E-state index >= 15 is 0 Å². The van der Waals surface area contributed by atoms with E-state index in [2.05, 4.69) is 0 Å². The van der Waals surface area contributed by atoms with Crippen LogP contribution in [-0.2, 0) is 14.3 Å². The summed E-state index contributed by atoms with van der Waals surface area (Å²) in [4.78, 5) is 39.3. The number of benzene rings is 2. The van der Waals surface area contributed by atoms with Gasteiger partial charge >= 0.3 is 5.97 Å². The Kier molecular flexibility index (Phi) is 6.21. The van der Waals surface area contributed by atoms with Crippen LogP contribution in [0.15, 0.2) is 54.6 Å². The Hall–Kier alpha value is -2.99. The highest BCUT2D eigenvalue weighted by Gasteiger charge is 2.27. The molecule has 0 saturated carbocycles. The molecule has 0 spiro atoms. The monoisotopic (exact) mass is 381 g/mol. The van der Waals surface area contributed by atoms with E-state index in [1.807, 2.05) is 19.9 Å². The second-order valence-electron chi connectivity index (χ2n) is 6.87. The third-order valence-corrected chi connectivity index (χ3v) is 4.53. The summed E-state index contributed by atoms with van der Waals surface area (Å²) in [5.74, 6) is -1.24. The van der Waals surface area contributed by atoms with Gasteiger partial charge in [0.25, 0.3) is 5.91 Å². The largest absolute Gasteiger partial charge is 0.452 e. The van der Waals surface area contributed by atoms with Crippen molar-refractivity contribution in [2.24, 2.45) is 0 Å². The molecule has 28 heavy (non-hydrogen) atoms. The number of carbonyl (C=O) groups excluding carboxylic acids is 3. The second kappa shape index (κ2) is 8.80. The van der Waals surface area contributed by atoms with E-state index in [9.17, 15) is 14.4 Å². The van der Waals surface area contributed by atoms with Crippen molar-refractivity contribution in [1.29, 1.82) is 0 Å². The van der Waals surface area contributed by atoms with E-state index in [1.165, 1.54) is 6.07 Å². The molecule has 1 heterocycles. The smallest absolute Gasteiger partial charge is 0.339 e. The molecule has 1 fully saturated rings. The van der Waals surface area contributed by atoms with Gasteiger partial charge in [0.15, 0.2) is 12.4 Å². The maximum atomic E-state index is 12.7. The molecule has 1 aliphatic rings. The van der Waals surface area contributed by atoms with Crippen molar-refractivity contribution in [1.82, 2.24) is 4.90 Å². The minimum absolute atomic E-state index is 0.0624. The summed E-state index contributed by atoms with van der Waals surface area (Å²) in [5, 5.41) is 0. The zero-order chi connectivity index (χ0) is 20.1. The molecule has 1 aliphatic heterocycles. The van der Waals surface area contributed by atoms with Gasteiger partial charge in [-0.15, -0.1) is 0 Å². The number of ketones is 1. The SMILES string of the molecule is CC1CN(C(=O)COC(=O)c2ccccc2C(=O)c2ccccc2)CC(C)O1. The molecule has 1 saturated heterocycles. The highest BCUT2D eigenvalue weighted by molar-refractivity contribution is 6.14. The van der Waals surface area contributed by atoms with Gasteiger partial charge in [-0.1, -0.05) is 48.5 Å². The van der Waals surface area contributed by atoms with Crippen LogP contribution in [-0.4, -0.2) is 54.5 Å². The quantitative estimate of drug-likeness (QED) is 0.588. The zero-order valence-electron chi connectivity index (χ0n) is 16.0. The summed E-state index contributed by atoms with van der Waals surface area (Å²) in [7, 11) is 0. The van der Waals surface area contributed by atoms with Gasteiger partial charge in [0.1, 0.15) is 0 Å². The van der Waals surface area contributed by atoms with Crippen LogP contribution in [0.4, 0.5) is 0 Å². The number of hydrogen-bond acceptors (Lipinski definition) is 5. The van der Waals surface area contributed by atoms with Gasteiger partial charge in [-0.05, 0) is 19.9 Å². The molecule has 0 N–H and O–H groups in total. The van der Waals surface area contributed by atoms with Crippen molar-refractivity contribution in [2.75, 3.05) is 19.7 Å². The standard InChI is InChI=1S/C22H23NO5/c1-15-12-23(13-16(2)28-15)20(24)14-27-22(26)19-11-7-6-10-18(19)21(25)17-8-4-3-5-9-17/h3-11,15-16H,12-14H2,1-2H3. The topological polar surface area (TPSA) is 72.9 Å². The number of esters is 1. The van der Waals surface area contributed by atoms with Crippen LogP contribution >= 0.6 is 0 Å². The Morgan fingerprint density at radius 1 is 0.929 bits per heavy atom. The molecule has 0 aliphatic carbocycles. The van der Waals surface area contributed by atoms with Crippen LogP contribution in [0.5, 0.6) is 0 Å². The Morgan fingerprint density at radius 3 is 2.14 bits per heavy atom. The Bertz CT molecular complexity index is 854. The van der Waals surface area contributed by atoms with Gasteiger partial charge in [0.2, 0.25) is 0 Å². The number of nitrogens with zero attached hydrogens (tertiary/aromatic N) is 1. The number of amides is 1. The molecule has 1 amide bonds. The lowest BCUT2D eigenvalue weighted by Gasteiger charge is -2.35. The fourth-order valence-electron chi connectivity index (χ4n) is 3.28. The number of rotatable bonds is 5. The fourth-order valence-corrected chi connectivity index (χ4v) is 3.28. The van der Waals surface area contributed by atoms with Crippen molar-refractivity contribution in [3.63, 3.8) is 0 Å². The molecule has 2 aromatic carbocycles. The first-order chi connectivity index (χ1) is 13.5. The molecule has 3 rings (SSSR count). The lowest BCUT2D eigenvalue weighted by atomic mass is 9.98. The average Bonchev–Trinajstić information content (AvgIpc) is 2.71. The summed E-state index contributed by atoms with van der Waals surface area (Å²) >= 11 is 0. The van der Waals surface area contributed by atoms with Gasteiger partial charge in [0.05, 0.1) is 17.8 Å². The first-order valence-corrected chi connectivity index (χ1v) is 9.25. The molecular formula is C22H23NO5. The van der Waals surface area contributed by atoms with E-state index in [1.54, 1.807) is 47.4 Å². The molecule has 146 valence electrons. The highest BCUT2D eigenvalue weighted by atomic mass is 16.5. The number of carbonyl (C=O) groups is 3. The van der Waals surface area contributed by atoms with Crippen molar-refractivity contribution < 1.29 is 23.9 Å². The predicted molar refractivity (Wildman–Crippen MR) is 103 cm³/mol. The van der Waals surface area contributed by atoms with E-state index in [4.69, 9.17) is 9.47 Å². The van der Waals surface area contributed by atoms with E-state index in [0.717, 1.165) is 0 Å². The van der Waals surface area contributed by atoms with Crippen molar-refractivity contribution in [3.05, 3.63) is 71.3 Å². The maximum Gasteiger partial charge on any atom is 0.339 e. The molecule has 2 unspecified atom stereocenters. The van der Waals surface area contributed by atoms with Gasteiger partial charge in [-0.2, -0.15) is 0 Å². The van der Waals surface area contributed by atoms with Crippen molar-refractivity contribution in [3.8, 4) is 0 Å². The molecule has 0 radical (unpaired) electrons. The van der Waals surface area contributed by atoms with Crippen LogP contribution in [0.2, 0.25) is 0 Å². The van der Waals surface area contributed by atoms with E-state index < -0.39 is 5.97 Å². The highest BCUT2D eigenvalue weighted by Crippen LogP contribution is 2.16. The van der Waals surface area contributed by atoms with Gasteiger partial charge < -0.3 is 14.4 Å². The maximum absolute atomic E-state index is 12.7. The Morgan fingerprint density at radius 2 is 1.50 bits per heavy atom. The molecule has 6 heteroatoms. The normalized spacial score (nSPS) is 19.1.